The van der Waals surface area contributed by atoms with Crippen LogP contribution in [-0.2, 0) is 15.8 Å². The number of nitrogens with zero attached hydrogens (tertiary/aromatic N) is 1. The molecule has 0 saturated heterocycles. The Kier molecular flexibility index (Phi) is 6.58. The zero-order valence-corrected chi connectivity index (χ0v) is 19.1. The number of rotatable bonds is 6. The predicted molar refractivity (Wildman–Crippen MR) is 125 cm³/mol. The number of benzene rings is 3. The van der Waals surface area contributed by atoms with Crippen LogP contribution in [0.1, 0.15) is 5.56 Å². The van der Waals surface area contributed by atoms with E-state index in [0.29, 0.717) is 21.4 Å². The van der Waals surface area contributed by atoms with Crippen LogP contribution in [0, 0.1) is 0 Å². The van der Waals surface area contributed by atoms with Crippen LogP contribution in [0.4, 0.5) is 24.5 Å². The lowest BCUT2D eigenvalue weighted by Gasteiger charge is -2.17. The van der Waals surface area contributed by atoms with E-state index < -0.39 is 23.6 Å². The molecule has 34 heavy (non-hydrogen) atoms. The van der Waals surface area contributed by atoms with E-state index in [2.05, 4.69) is 5.32 Å². The average Bonchev–Trinajstić information content (AvgIpc) is 3.04. The van der Waals surface area contributed by atoms with E-state index in [-0.39, 0.29) is 16.3 Å². The highest BCUT2D eigenvalue weighted by molar-refractivity contribution is 8.04. The number of imide groups is 1. The molecule has 0 radical (unpaired) electrons. The molecule has 0 atom stereocenters. The van der Waals surface area contributed by atoms with Gasteiger partial charge in [0.2, 0.25) is 0 Å². The van der Waals surface area contributed by atoms with Crippen molar-refractivity contribution in [2.75, 3.05) is 17.3 Å². The Morgan fingerprint density at radius 1 is 0.941 bits per heavy atom. The molecule has 3 aromatic carbocycles. The smallest absolute Gasteiger partial charge is 0.416 e. The first-order valence-electron chi connectivity index (χ1n) is 9.82. The molecule has 174 valence electrons. The lowest BCUT2D eigenvalue weighted by atomic mass is 10.2. The van der Waals surface area contributed by atoms with Crippen molar-refractivity contribution in [1.29, 1.82) is 0 Å². The lowest BCUT2D eigenvalue weighted by Crippen LogP contribution is -2.32. The Morgan fingerprint density at radius 3 is 2.32 bits per heavy atom. The number of anilines is 2. The Hall–Kier alpha value is -3.43. The molecule has 0 bridgehead atoms. The summed E-state index contributed by atoms with van der Waals surface area (Å²) in [5.41, 5.74) is -0.737. The van der Waals surface area contributed by atoms with Crippen molar-refractivity contribution in [3.8, 4) is 5.75 Å². The first-order valence-corrected chi connectivity index (χ1v) is 11.0. The Morgan fingerprint density at radius 2 is 1.65 bits per heavy atom. The fourth-order valence-electron chi connectivity index (χ4n) is 3.24. The van der Waals surface area contributed by atoms with Crippen molar-refractivity contribution in [3.05, 3.63) is 94.0 Å². The number of carbonyl (C=O) groups is 2. The van der Waals surface area contributed by atoms with E-state index in [1.54, 1.807) is 48.5 Å². The van der Waals surface area contributed by atoms with Gasteiger partial charge in [0.05, 0.1) is 18.4 Å². The molecular formula is C24H16ClF3N2O3S. The minimum atomic E-state index is -4.63. The summed E-state index contributed by atoms with van der Waals surface area (Å²) in [5.74, 6) is -0.998. The third-order valence-corrected chi connectivity index (χ3v) is 6.19. The van der Waals surface area contributed by atoms with Crippen molar-refractivity contribution in [1.82, 2.24) is 0 Å². The van der Waals surface area contributed by atoms with Crippen molar-refractivity contribution in [3.63, 3.8) is 0 Å². The highest BCUT2D eigenvalue weighted by Gasteiger charge is 2.41. The molecule has 4 rings (SSSR count). The quantitative estimate of drug-likeness (QED) is 0.396. The third-order valence-electron chi connectivity index (χ3n) is 4.85. The number of hydrogen-bond donors (Lipinski definition) is 1. The third kappa shape index (κ3) is 4.90. The minimum absolute atomic E-state index is 0.0348. The van der Waals surface area contributed by atoms with Gasteiger partial charge in [0.25, 0.3) is 11.8 Å². The molecule has 10 heteroatoms. The van der Waals surface area contributed by atoms with Gasteiger partial charge in [-0.2, -0.15) is 13.2 Å². The predicted octanol–water partition coefficient (Wildman–Crippen LogP) is 6.36. The molecule has 1 heterocycles. The molecule has 3 aromatic rings. The molecule has 0 aliphatic carbocycles. The zero-order chi connectivity index (χ0) is 24.5. The summed E-state index contributed by atoms with van der Waals surface area (Å²) in [7, 11) is 1.49. The van der Waals surface area contributed by atoms with Gasteiger partial charge in [0.15, 0.2) is 0 Å². The lowest BCUT2D eigenvalue weighted by molar-refractivity contribution is -0.137. The van der Waals surface area contributed by atoms with Crippen molar-refractivity contribution >= 4 is 46.6 Å². The number of ether oxygens (including phenoxy) is 1. The van der Waals surface area contributed by atoms with Gasteiger partial charge in [-0.1, -0.05) is 35.5 Å². The SMILES string of the molecule is COc1cccc(NC2=C(Sc3ccc(Cl)cc3)C(=O)N(c3cccc(C(F)(F)F)c3)C2=O)c1. The maximum Gasteiger partial charge on any atom is 0.416 e. The molecule has 0 saturated carbocycles. The summed E-state index contributed by atoms with van der Waals surface area (Å²) in [6, 6.07) is 17.4. The molecule has 2 amide bonds. The number of thioether (sulfide) groups is 1. The Balaban J connectivity index is 1.75. The first kappa shape index (κ1) is 23.7. The molecule has 0 fully saturated rings. The van der Waals surface area contributed by atoms with E-state index in [9.17, 15) is 22.8 Å². The van der Waals surface area contributed by atoms with Gasteiger partial charge in [-0.15, -0.1) is 0 Å². The number of alkyl halides is 3. The average molecular weight is 505 g/mol. The molecule has 5 nitrogen and oxygen atoms in total. The summed E-state index contributed by atoms with van der Waals surface area (Å²) < 4.78 is 44.9. The second kappa shape index (κ2) is 9.44. The summed E-state index contributed by atoms with van der Waals surface area (Å²) in [5, 5.41) is 3.43. The second-order valence-electron chi connectivity index (χ2n) is 7.11. The van der Waals surface area contributed by atoms with Gasteiger partial charge in [-0.05, 0) is 54.6 Å². The monoisotopic (exact) mass is 504 g/mol. The number of halogens is 4. The topological polar surface area (TPSA) is 58.6 Å². The van der Waals surface area contributed by atoms with E-state index in [1.807, 2.05) is 0 Å². The van der Waals surface area contributed by atoms with Gasteiger partial charge in [-0.25, -0.2) is 4.90 Å². The van der Waals surface area contributed by atoms with Gasteiger partial charge < -0.3 is 10.1 Å². The van der Waals surface area contributed by atoms with Crippen LogP contribution in [0.25, 0.3) is 0 Å². The van der Waals surface area contributed by atoms with E-state index >= 15 is 0 Å². The largest absolute Gasteiger partial charge is 0.497 e. The van der Waals surface area contributed by atoms with Crippen LogP contribution < -0.4 is 15.0 Å². The minimum Gasteiger partial charge on any atom is -0.497 e. The Bertz CT molecular complexity index is 1290. The maximum absolute atomic E-state index is 13.3. The van der Waals surface area contributed by atoms with E-state index in [0.717, 1.165) is 34.9 Å². The summed E-state index contributed by atoms with van der Waals surface area (Å²) in [6.07, 6.45) is -4.63. The molecule has 1 N–H and O–H groups in total. The van der Waals surface area contributed by atoms with Crippen LogP contribution >= 0.6 is 23.4 Å². The molecule has 0 unspecified atom stereocenters. The van der Waals surface area contributed by atoms with Crippen LogP contribution in [0.5, 0.6) is 5.75 Å². The van der Waals surface area contributed by atoms with Gasteiger partial charge >= 0.3 is 6.18 Å². The van der Waals surface area contributed by atoms with E-state index in [4.69, 9.17) is 16.3 Å². The van der Waals surface area contributed by atoms with E-state index in [1.165, 1.54) is 13.2 Å². The van der Waals surface area contributed by atoms with Crippen LogP contribution in [0.3, 0.4) is 0 Å². The summed E-state index contributed by atoms with van der Waals surface area (Å²) >= 11 is 6.94. The van der Waals surface area contributed by atoms with Crippen LogP contribution in [-0.4, -0.2) is 18.9 Å². The standard InChI is InChI=1S/C24H16ClF3N2O3S/c1-33-18-7-3-5-16(13-18)29-20-21(34-19-10-8-15(25)9-11-19)23(32)30(22(20)31)17-6-2-4-14(12-17)24(26,27)28/h2-13,29H,1H3. The van der Waals surface area contributed by atoms with Gasteiger partial charge in [0.1, 0.15) is 16.4 Å². The highest BCUT2D eigenvalue weighted by Crippen LogP contribution is 2.39. The zero-order valence-electron chi connectivity index (χ0n) is 17.5. The van der Waals surface area contributed by atoms with Crippen LogP contribution in [0.2, 0.25) is 5.02 Å². The normalized spacial score (nSPS) is 14.1. The molecule has 1 aliphatic heterocycles. The molecule has 1 aliphatic rings. The Labute approximate surface area is 202 Å². The van der Waals surface area contributed by atoms with Crippen LogP contribution in [0.15, 0.2) is 88.3 Å². The van der Waals surface area contributed by atoms with Crippen molar-refractivity contribution in [2.24, 2.45) is 0 Å². The first-order chi connectivity index (χ1) is 16.2. The fourth-order valence-corrected chi connectivity index (χ4v) is 4.29. The summed E-state index contributed by atoms with van der Waals surface area (Å²) in [4.78, 5) is 28.0. The number of hydrogen-bond acceptors (Lipinski definition) is 5. The number of nitrogens with one attached hydrogen (secondary N) is 1. The molecule has 0 aromatic heterocycles. The summed E-state index contributed by atoms with van der Waals surface area (Å²) in [6.45, 7) is 0. The number of carbonyl (C=O) groups excluding carboxylic acids is 2. The van der Waals surface area contributed by atoms with Gasteiger partial charge in [-0.3, -0.25) is 9.59 Å². The van der Waals surface area contributed by atoms with Crippen molar-refractivity contribution < 1.29 is 27.5 Å². The molecule has 0 spiro atoms. The highest BCUT2D eigenvalue weighted by atomic mass is 35.5. The van der Waals surface area contributed by atoms with Gasteiger partial charge in [0, 0.05) is 21.7 Å². The second-order valence-corrected chi connectivity index (χ2v) is 8.63. The molecular weight excluding hydrogens is 489 g/mol. The number of methoxy groups -OCH3 is 1. The number of amides is 2. The van der Waals surface area contributed by atoms with Crippen molar-refractivity contribution in [2.45, 2.75) is 11.1 Å². The fraction of sp³-hybridized carbons (Fsp3) is 0.0833. The maximum atomic E-state index is 13.3.